The maximum absolute atomic E-state index is 13.9. The molecule has 0 nitrogen and oxygen atoms in total. The summed E-state index contributed by atoms with van der Waals surface area (Å²) in [5.41, 5.74) is -0.0919. The molecule has 0 heterocycles. The van der Waals surface area contributed by atoms with Gasteiger partial charge in [-0.25, -0.2) is 8.78 Å². The second-order valence-electron chi connectivity index (χ2n) is 9.76. The van der Waals surface area contributed by atoms with E-state index in [4.69, 9.17) is 0 Å². The number of hydrogen-bond acceptors (Lipinski definition) is 0. The molecule has 176 valence electrons. The van der Waals surface area contributed by atoms with Crippen LogP contribution >= 0.6 is 0 Å². The van der Waals surface area contributed by atoms with Crippen molar-refractivity contribution in [3.05, 3.63) is 59.2 Å². The van der Waals surface area contributed by atoms with E-state index in [2.05, 4.69) is 13.8 Å². The molecule has 0 atom stereocenters. The van der Waals surface area contributed by atoms with Gasteiger partial charge < -0.3 is 0 Å². The molecule has 0 aromatic heterocycles. The first-order valence-corrected chi connectivity index (χ1v) is 11.8. The lowest BCUT2D eigenvalue weighted by molar-refractivity contribution is -0.142. The van der Waals surface area contributed by atoms with Gasteiger partial charge in [0, 0.05) is 0 Å². The lowest BCUT2D eigenvalue weighted by atomic mass is 9.77. The van der Waals surface area contributed by atoms with Crippen LogP contribution in [-0.2, 0) is 12.6 Å². The Morgan fingerprint density at radius 1 is 0.812 bits per heavy atom. The molecule has 5 heteroatoms. The maximum Gasteiger partial charge on any atom is 0.422 e. The van der Waals surface area contributed by atoms with Gasteiger partial charge in [-0.2, -0.15) is 13.2 Å². The molecule has 0 aliphatic heterocycles. The van der Waals surface area contributed by atoms with Gasteiger partial charge in [0.05, 0.1) is 0 Å². The van der Waals surface area contributed by atoms with Gasteiger partial charge in [-0.15, -0.1) is 0 Å². The smallest absolute Gasteiger partial charge is 0.206 e. The second kappa shape index (κ2) is 10.8. The summed E-state index contributed by atoms with van der Waals surface area (Å²) in [6.45, 7) is 4.56. The highest BCUT2D eigenvalue weighted by Crippen LogP contribution is 2.37. The van der Waals surface area contributed by atoms with Crippen LogP contribution in [0, 0.1) is 29.4 Å². The quantitative estimate of drug-likeness (QED) is 0.350. The van der Waals surface area contributed by atoms with Crippen molar-refractivity contribution >= 4 is 0 Å². The summed E-state index contributed by atoms with van der Waals surface area (Å²) in [4.78, 5) is 0. The van der Waals surface area contributed by atoms with E-state index in [1.807, 2.05) is 12.1 Å². The molecule has 2 aromatic rings. The first-order chi connectivity index (χ1) is 15.1. The largest absolute Gasteiger partial charge is 0.422 e. The molecule has 0 bridgehead atoms. The van der Waals surface area contributed by atoms with Crippen LogP contribution in [0.3, 0.4) is 0 Å². The molecule has 0 amide bonds. The van der Waals surface area contributed by atoms with Crippen LogP contribution in [0.2, 0.25) is 0 Å². The molecular formula is C27H33F5. The average molecular weight is 453 g/mol. The molecule has 1 aliphatic rings. The van der Waals surface area contributed by atoms with Gasteiger partial charge in [0.15, 0.2) is 0 Å². The van der Waals surface area contributed by atoms with Crippen LogP contribution < -0.4 is 0 Å². The second-order valence-corrected chi connectivity index (χ2v) is 9.76. The Morgan fingerprint density at radius 2 is 1.34 bits per heavy atom. The summed E-state index contributed by atoms with van der Waals surface area (Å²) in [5, 5.41) is 0. The standard InChI is InChI=1S/C27H33F5/c1-18(2)4-3-5-19-6-8-20(9-7-19)10-11-21-12-14-22(15-13-21)23-16-24(28)26(25(29)17-23)27(30,31)32/h12-20H,3-11H2,1-2H3. The highest BCUT2D eigenvalue weighted by atomic mass is 19.4. The van der Waals surface area contributed by atoms with E-state index in [1.165, 1.54) is 44.9 Å². The third-order valence-electron chi connectivity index (χ3n) is 6.81. The van der Waals surface area contributed by atoms with Gasteiger partial charge in [-0.3, -0.25) is 0 Å². The summed E-state index contributed by atoms with van der Waals surface area (Å²) in [6, 6.07) is 8.76. The molecule has 2 aromatic carbocycles. The molecule has 3 rings (SSSR count). The Labute approximate surface area is 188 Å². The van der Waals surface area contributed by atoms with Gasteiger partial charge in [0.1, 0.15) is 17.2 Å². The summed E-state index contributed by atoms with van der Waals surface area (Å²) < 4.78 is 66.0. The van der Waals surface area contributed by atoms with Crippen LogP contribution in [0.5, 0.6) is 0 Å². The van der Waals surface area contributed by atoms with Crippen molar-refractivity contribution < 1.29 is 22.0 Å². The number of benzene rings is 2. The predicted molar refractivity (Wildman–Crippen MR) is 119 cm³/mol. The van der Waals surface area contributed by atoms with Crippen molar-refractivity contribution in [3.63, 3.8) is 0 Å². The number of rotatable bonds is 8. The Balaban J connectivity index is 1.51. The minimum Gasteiger partial charge on any atom is -0.206 e. The Morgan fingerprint density at radius 3 is 1.84 bits per heavy atom. The van der Waals surface area contributed by atoms with E-state index >= 15 is 0 Å². The van der Waals surface area contributed by atoms with Crippen LogP contribution in [0.1, 0.15) is 76.3 Å². The molecule has 1 saturated carbocycles. The monoisotopic (exact) mass is 452 g/mol. The van der Waals surface area contributed by atoms with Gasteiger partial charge >= 0.3 is 6.18 Å². The van der Waals surface area contributed by atoms with Gasteiger partial charge in [0.2, 0.25) is 0 Å². The molecule has 0 N–H and O–H groups in total. The van der Waals surface area contributed by atoms with Gasteiger partial charge in [-0.05, 0) is 59.4 Å². The van der Waals surface area contributed by atoms with E-state index in [1.54, 1.807) is 12.1 Å². The van der Waals surface area contributed by atoms with E-state index in [0.717, 1.165) is 48.3 Å². The number of alkyl halides is 3. The summed E-state index contributed by atoms with van der Waals surface area (Å²) in [6.07, 6.45) is 6.26. The minimum absolute atomic E-state index is 0.107. The molecule has 0 unspecified atom stereocenters. The zero-order chi connectivity index (χ0) is 23.3. The first kappa shape index (κ1) is 24.7. The van der Waals surface area contributed by atoms with E-state index < -0.39 is 23.4 Å². The van der Waals surface area contributed by atoms with E-state index in [-0.39, 0.29) is 5.56 Å². The van der Waals surface area contributed by atoms with Crippen LogP contribution in [0.25, 0.3) is 11.1 Å². The lowest BCUT2D eigenvalue weighted by Gasteiger charge is -2.28. The number of aryl methyl sites for hydroxylation is 1. The first-order valence-electron chi connectivity index (χ1n) is 11.8. The molecule has 32 heavy (non-hydrogen) atoms. The molecular weight excluding hydrogens is 419 g/mol. The molecule has 1 fully saturated rings. The SMILES string of the molecule is CC(C)CCCC1CCC(CCc2ccc(-c3cc(F)c(C(F)(F)F)c(F)c3)cc2)CC1. The van der Waals surface area contributed by atoms with Crippen molar-refractivity contribution in [2.75, 3.05) is 0 Å². The zero-order valence-corrected chi connectivity index (χ0v) is 18.9. The Kier molecular flexibility index (Phi) is 8.35. The van der Waals surface area contributed by atoms with Crippen LogP contribution in [-0.4, -0.2) is 0 Å². The molecule has 0 saturated heterocycles. The fraction of sp³-hybridized carbons (Fsp3) is 0.556. The van der Waals surface area contributed by atoms with Gasteiger partial charge in [0.25, 0.3) is 0 Å². The highest BCUT2D eigenvalue weighted by molar-refractivity contribution is 5.64. The highest BCUT2D eigenvalue weighted by Gasteiger charge is 2.38. The van der Waals surface area contributed by atoms with Crippen LogP contribution in [0.4, 0.5) is 22.0 Å². The molecule has 0 spiro atoms. The van der Waals surface area contributed by atoms with E-state index in [0.29, 0.717) is 5.56 Å². The Hall–Kier alpha value is -1.91. The van der Waals surface area contributed by atoms with Crippen molar-refractivity contribution in [2.24, 2.45) is 17.8 Å². The van der Waals surface area contributed by atoms with Crippen molar-refractivity contribution in [1.82, 2.24) is 0 Å². The number of halogens is 5. The van der Waals surface area contributed by atoms with Crippen molar-refractivity contribution in [2.45, 2.75) is 77.8 Å². The summed E-state index contributed by atoms with van der Waals surface area (Å²) >= 11 is 0. The van der Waals surface area contributed by atoms with Crippen molar-refractivity contribution in [1.29, 1.82) is 0 Å². The fourth-order valence-corrected chi connectivity index (χ4v) is 4.87. The summed E-state index contributed by atoms with van der Waals surface area (Å²) in [7, 11) is 0. The van der Waals surface area contributed by atoms with Crippen molar-refractivity contribution in [3.8, 4) is 11.1 Å². The summed E-state index contributed by atoms with van der Waals surface area (Å²) in [5.74, 6) is -0.759. The Bertz CT molecular complexity index is 836. The topological polar surface area (TPSA) is 0 Å². The van der Waals surface area contributed by atoms with Gasteiger partial charge in [-0.1, -0.05) is 83.1 Å². The number of hydrogen-bond donors (Lipinski definition) is 0. The molecule has 1 aliphatic carbocycles. The minimum atomic E-state index is -5.05. The van der Waals surface area contributed by atoms with E-state index in [9.17, 15) is 22.0 Å². The zero-order valence-electron chi connectivity index (χ0n) is 18.9. The lowest BCUT2D eigenvalue weighted by Crippen LogP contribution is -2.15. The molecule has 0 radical (unpaired) electrons. The third-order valence-corrected chi connectivity index (χ3v) is 6.81. The maximum atomic E-state index is 13.9. The van der Waals surface area contributed by atoms with Crippen LogP contribution in [0.15, 0.2) is 36.4 Å². The normalized spacial score (nSPS) is 19.5. The third kappa shape index (κ3) is 6.79. The predicted octanol–water partition coefficient (Wildman–Crippen LogP) is 9.22. The fourth-order valence-electron chi connectivity index (χ4n) is 4.87. The average Bonchev–Trinajstić information content (AvgIpc) is 2.72.